The molecule has 5 nitrogen and oxygen atoms in total. The second-order valence-electron chi connectivity index (χ2n) is 5.95. The van der Waals surface area contributed by atoms with Crippen LogP contribution in [0, 0.1) is 0 Å². The number of carbonyl (C=O) groups excluding carboxylic acids is 1. The summed E-state index contributed by atoms with van der Waals surface area (Å²) < 4.78 is 7.71. The standard InChI is InChI=1S/C17H22ClN3O2S/c18-16-14(21-10-12-24-17(21)20-16)7-8-15(22)19-9-4-11-23-13-5-2-1-3-6-13/h7-8,10,12-13H,1-6,9,11H2,(H,19,22)/b8-7+. The van der Waals surface area contributed by atoms with Gasteiger partial charge in [0.15, 0.2) is 10.1 Å². The summed E-state index contributed by atoms with van der Waals surface area (Å²) in [6.45, 7) is 1.32. The first-order chi connectivity index (χ1) is 11.7. The number of thiazole rings is 1. The average molecular weight is 368 g/mol. The van der Waals surface area contributed by atoms with Gasteiger partial charge < -0.3 is 10.1 Å². The second-order valence-corrected chi connectivity index (χ2v) is 7.18. The summed E-state index contributed by atoms with van der Waals surface area (Å²) in [6.07, 6.45) is 12.6. The minimum Gasteiger partial charge on any atom is -0.378 e. The molecule has 0 aromatic carbocycles. The summed E-state index contributed by atoms with van der Waals surface area (Å²) in [5, 5.41) is 5.21. The minimum absolute atomic E-state index is 0.131. The van der Waals surface area contributed by atoms with Crippen molar-refractivity contribution in [2.75, 3.05) is 13.2 Å². The molecule has 1 amide bonds. The van der Waals surface area contributed by atoms with E-state index >= 15 is 0 Å². The Kier molecular flexibility index (Phi) is 6.29. The van der Waals surface area contributed by atoms with Gasteiger partial charge in [0.1, 0.15) is 0 Å². The highest BCUT2D eigenvalue weighted by Crippen LogP contribution is 2.22. The number of nitrogens with one attached hydrogen (secondary N) is 1. The molecule has 2 aromatic heterocycles. The first-order valence-corrected chi connectivity index (χ1v) is 9.68. The van der Waals surface area contributed by atoms with Gasteiger partial charge in [0.25, 0.3) is 0 Å². The first-order valence-electron chi connectivity index (χ1n) is 8.42. The zero-order chi connectivity index (χ0) is 16.8. The van der Waals surface area contributed by atoms with E-state index in [2.05, 4.69) is 10.3 Å². The number of aromatic nitrogens is 2. The summed E-state index contributed by atoms with van der Waals surface area (Å²) >= 11 is 7.59. The molecule has 1 aliphatic carbocycles. The van der Waals surface area contributed by atoms with Gasteiger partial charge in [0.2, 0.25) is 5.91 Å². The fraction of sp³-hybridized carbons (Fsp3) is 0.529. The van der Waals surface area contributed by atoms with Crippen molar-refractivity contribution in [3.63, 3.8) is 0 Å². The molecule has 0 aliphatic heterocycles. The number of ether oxygens (including phenoxy) is 1. The largest absolute Gasteiger partial charge is 0.378 e. The fourth-order valence-electron chi connectivity index (χ4n) is 2.91. The normalized spacial score (nSPS) is 16.2. The van der Waals surface area contributed by atoms with E-state index in [-0.39, 0.29) is 5.91 Å². The molecule has 1 saturated carbocycles. The Balaban J connectivity index is 1.38. The number of carbonyl (C=O) groups is 1. The highest BCUT2D eigenvalue weighted by atomic mass is 35.5. The lowest BCUT2D eigenvalue weighted by Crippen LogP contribution is -2.24. The summed E-state index contributed by atoms with van der Waals surface area (Å²) in [4.78, 5) is 16.9. The molecule has 2 heterocycles. The van der Waals surface area contributed by atoms with Crippen LogP contribution in [-0.2, 0) is 9.53 Å². The Labute approximate surface area is 150 Å². The number of halogens is 1. The Morgan fingerprint density at radius 2 is 2.29 bits per heavy atom. The summed E-state index contributed by atoms with van der Waals surface area (Å²) in [7, 11) is 0. The van der Waals surface area contributed by atoms with Crippen molar-refractivity contribution < 1.29 is 9.53 Å². The number of nitrogens with zero attached hydrogens (tertiary/aromatic N) is 2. The van der Waals surface area contributed by atoms with Crippen LogP contribution in [0.5, 0.6) is 0 Å². The van der Waals surface area contributed by atoms with E-state index in [1.807, 2.05) is 16.0 Å². The number of hydrogen-bond donors (Lipinski definition) is 1. The number of imidazole rings is 1. The summed E-state index contributed by atoms with van der Waals surface area (Å²) in [5.74, 6) is -0.131. The van der Waals surface area contributed by atoms with Crippen LogP contribution in [0.15, 0.2) is 17.7 Å². The van der Waals surface area contributed by atoms with Crippen molar-refractivity contribution in [2.24, 2.45) is 0 Å². The molecule has 0 spiro atoms. The molecule has 0 unspecified atom stereocenters. The van der Waals surface area contributed by atoms with Gasteiger partial charge in [-0.15, -0.1) is 11.3 Å². The highest BCUT2D eigenvalue weighted by Gasteiger charge is 2.13. The first kappa shape index (κ1) is 17.5. The molecule has 3 rings (SSSR count). The van der Waals surface area contributed by atoms with Crippen LogP contribution in [0.2, 0.25) is 5.15 Å². The molecule has 0 atom stereocenters. The second kappa shape index (κ2) is 8.65. The molecule has 0 bridgehead atoms. The van der Waals surface area contributed by atoms with Gasteiger partial charge in [-0.3, -0.25) is 9.20 Å². The van der Waals surface area contributed by atoms with E-state index < -0.39 is 0 Å². The van der Waals surface area contributed by atoms with Crippen molar-refractivity contribution in [3.8, 4) is 0 Å². The molecule has 24 heavy (non-hydrogen) atoms. The molecule has 1 aliphatic rings. The van der Waals surface area contributed by atoms with Crippen molar-refractivity contribution in [2.45, 2.75) is 44.6 Å². The molecule has 130 valence electrons. The average Bonchev–Trinajstić information content (AvgIpc) is 3.14. The van der Waals surface area contributed by atoms with Crippen LogP contribution in [0.1, 0.15) is 44.2 Å². The van der Waals surface area contributed by atoms with Gasteiger partial charge in [-0.2, -0.15) is 0 Å². The van der Waals surface area contributed by atoms with Gasteiger partial charge >= 0.3 is 0 Å². The molecule has 7 heteroatoms. The van der Waals surface area contributed by atoms with E-state index in [9.17, 15) is 4.79 Å². The van der Waals surface area contributed by atoms with Crippen LogP contribution in [0.3, 0.4) is 0 Å². The van der Waals surface area contributed by atoms with Gasteiger partial charge in [-0.25, -0.2) is 4.98 Å². The van der Waals surface area contributed by atoms with Crippen LogP contribution >= 0.6 is 22.9 Å². The van der Waals surface area contributed by atoms with E-state index in [1.54, 1.807) is 6.08 Å². The van der Waals surface area contributed by atoms with Crippen molar-refractivity contribution in [3.05, 3.63) is 28.5 Å². The number of amides is 1. The lowest BCUT2D eigenvalue weighted by molar-refractivity contribution is -0.116. The Morgan fingerprint density at radius 1 is 1.46 bits per heavy atom. The molecule has 0 saturated heterocycles. The number of rotatable bonds is 7. The zero-order valence-corrected chi connectivity index (χ0v) is 15.1. The SMILES string of the molecule is O=C(/C=C/c1c(Cl)nc2sccn12)NCCCOC1CCCCC1. The third-order valence-electron chi connectivity index (χ3n) is 4.17. The predicted molar refractivity (Wildman–Crippen MR) is 97.6 cm³/mol. The van der Waals surface area contributed by atoms with E-state index in [1.165, 1.54) is 49.5 Å². The maximum Gasteiger partial charge on any atom is 0.244 e. The number of fused-ring (bicyclic) bond motifs is 1. The lowest BCUT2D eigenvalue weighted by Gasteiger charge is -2.21. The van der Waals surface area contributed by atoms with Crippen LogP contribution < -0.4 is 5.32 Å². The van der Waals surface area contributed by atoms with Gasteiger partial charge in [0.05, 0.1) is 11.8 Å². The molecular formula is C17H22ClN3O2S. The van der Waals surface area contributed by atoms with Crippen LogP contribution in [0.4, 0.5) is 0 Å². The molecular weight excluding hydrogens is 346 g/mol. The smallest absolute Gasteiger partial charge is 0.244 e. The molecule has 1 N–H and O–H groups in total. The Morgan fingerprint density at radius 3 is 3.12 bits per heavy atom. The third kappa shape index (κ3) is 4.59. The van der Waals surface area contributed by atoms with Crippen molar-refractivity contribution in [1.29, 1.82) is 0 Å². The van der Waals surface area contributed by atoms with Gasteiger partial charge in [-0.1, -0.05) is 30.9 Å². The van der Waals surface area contributed by atoms with Crippen LogP contribution in [-0.4, -0.2) is 34.5 Å². The van der Waals surface area contributed by atoms with E-state index in [0.717, 1.165) is 17.1 Å². The predicted octanol–water partition coefficient (Wildman–Crippen LogP) is 3.92. The maximum absolute atomic E-state index is 11.9. The van der Waals surface area contributed by atoms with Crippen molar-refractivity contribution in [1.82, 2.24) is 14.7 Å². The summed E-state index contributed by atoms with van der Waals surface area (Å²) in [5.41, 5.74) is 0.726. The Bertz CT molecular complexity index is 704. The van der Waals surface area contributed by atoms with Gasteiger partial charge in [-0.05, 0) is 25.3 Å². The monoisotopic (exact) mass is 367 g/mol. The molecule has 1 fully saturated rings. The zero-order valence-electron chi connectivity index (χ0n) is 13.5. The van der Waals surface area contributed by atoms with E-state index in [0.29, 0.717) is 24.4 Å². The minimum atomic E-state index is -0.131. The van der Waals surface area contributed by atoms with E-state index in [4.69, 9.17) is 16.3 Å². The van der Waals surface area contributed by atoms with Crippen molar-refractivity contribution >= 4 is 39.9 Å². The molecule has 0 radical (unpaired) electrons. The third-order valence-corrected chi connectivity index (χ3v) is 5.21. The fourth-order valence-corrected chi connectivity index (χ4v) is 3.91. The Hall–Kier alpha value is -1.37. The quantitative estimate of drug-likeness (QED) is 0.596. The molecule has 2 aromatic rings. The highest BCUT2D eigenvalue weighted by molar-refractivity contribution is 7.15. The van der Waals surface area contributed by atoms with Gasteiger partial charge in [0, 0.05) is 30.8 Å². The topological polar surface area (TPSA) is 55.6 Å². The lowest BCUT2D eigenvalue weighted by atomic mass is 9.98. The maximum atomic E-state index is 11.9. The number of hydrogen-bond acceptors (Lipinski definition) is 4. The summed E-state index contributed by atoms with van der Waals surface area (Å²) in [6, 6.07) is 0. The van der Waals surface area contributed by atoms with Crippen LogP contribution in [0.25, 0.3) is 11.0 Å².